The molecule has 0 spiro atoms. The number of hydrogen-bond donors (Lipinski definition) is 3. The number of amides is 2. The number of aryl methyl sites for hydroxylation is 1. The first-order valence-electron chi connectivity index (χ1n) is 9.89. The molecule has 0 saturated heterocycles. The molecule has 3 rings (SSSR count). The molecule has 2 amide bonds. The highest BCUT2D eigenvalue weighted by Gasteiger charge is 2.12. The van der Waals surface area contributed by atoms with Gasteiger partial charge in [-0.15, -0.1) is 0 Å². The number of anilines is 5. The molecule has 7 nitrogen and oxygen atoms in total. The average Bonchev–Trinajstić information content (AvgIpc) is 2.73. The predicted octanol–water partition coefficient (Wildman–Crippen LogP) is 5.30. The van der Waals surface area contributed by atoms with Gasteiger partial charge in [0.15, 0.2) is 0 Å². The van der Waals surface area contributed by atoms with E-state index >= 15 is 0 Å². The molecule has 0 aliphatic rings. The molecule has 0 unspecified atom stereocenters. The summed E-state index contributed by atoms with van der Waals surface area (Å²) in [5, 5.41) is 7.86. The lowest BCUT2D eigenvalue weighted by Gasteiger charge is -2.20. The van der Waals surface area contributed by atoms with Crippen molar-refractivity contribution in [2.75, 3.05) is 33.9 Å². The molecule has 1 aromatic heterocycles. The quantitative estimate of drug-likeness (QED) is 0.478. The fourth-order valence-electron chi connectivity index (χ4n) is 2.98. The minimum Gasteiger partial charge on any atom is -0.357 e. The van der Waals surface area contributed by atoms with Crippen molar-refractivity contribution in [3.05, 3.63) is 65.9 Å². The van der Waals surface area contributed by atoms with Gasteiger partial charge in [-0.05, 0) is 57.2 Å². The first-order chi connectivity index (χ1) is 14.9. The van der Waals surface area contributed by atoms with Gasteiger partial charge in [0.2, 0.25) is 5.95 Å². The molecule has 31 heavy (non-hydrogen) atoms. The van der Waals surface area contributed by atoms with Crippen LogP contribution in [0.3, 0.4) is 0 Å². The van der Waals surface area contributed by atoms with Crippen molar-refractivity contribution in [2.24, 2.45) is 0 Å². The van der Waals surface area contributed by atoms with E-state index in [1.807, 2.05) is 13.0 Å². The van der Waals surface area contributed by atoms with Crippen LogP contribution in [0.2, 0.25) is 0 Å². The zero-order valence-electron chi connectivity index (χ0n) is 17.5. The maximum absolute atomic E-state index is 13.7. The second kappa shape index (κ2) is 9.84. The lowest BCUT2D eigenvalue weighted by molar-refractivity contribution is 0.262. The molecule has 2 aromatic carbocycles. The first-order valence-corrected chi connectivity index (χ1v) is 9.89. The summed E-state index contributed by atoms with van der Waals surface area (Å²) in [6.45, 7) is 7.72. The Balaban J connectivity index is 1.66. The van der Waals surface area contributed by atoms with Crippen molar-refractivity contribution in [1.29, 1.82) is 0 Å². The third-order valence-corrected chi connectivity index (χ3v) is 4.53. The van der Waals surface area contributed by atoms with Gasteiger partial charge < -0.3 is 20.9 Å². The maximum atomic E-state index is 13.7. The van der Waals surface area contributed by atoms with Crippen LogP contribution < -0.4 is 20.9 Å². The zero-order valence-corrected chi connectivity index (χ0v) is 17.5. The summed E-state index contributed by atoms with van der Waals surface area (Å²) in [7, 11) is 0. The zero-order chi connectivity index (χ0) is 22.4. The maximum Gasteiger partial charge on any atom is 0.323 e. The summed E-state index contributed by atoms with van der Waals surface area (Å²) < 4.78 is 27.3. The molecule has 0 saturated carbocycles. The number of nitrogens with one attached hydrogen (secondary N) is 3. The molecule has 0 fully saturated rings. The van der Waals surface area contributed by atoms with Gasteiger partial charge in [0.25, 0.3) is 0 Å². The summed E-state index contributed by atoms with van der Waals surface area (Å²) in [6.07, 6.45) is 0. The van der Waals surface area contributed by atoms with Crippen molar-refractivity contribution >= 4 is 34.9 Å². The molecule has 0 bridgehead atoms. The normalized spacial score (nSPS) is 10.5. The van der Waals surface area contributed by atoms with Gasteiger partial charge in [0, 0.05) is 36.2 Å². The largest absolute Gasteiger partial charge is 0.357 e. The monoisotopic (exact) mass is 426 g/mol. The minimum atomic E-state index is -0.850. The number of rotatable bonds is 7. The molecule has 1 heterocycles. The van der Waals surface area contributed by atoms with Crippen LogP contribution in [0.25, 0.3) is 0 Å². The summed E-state index contributed by atoms with van der Waals surface area (Å²) in [4.78, 5) is 23.2. The van der Waals surface area contributed by atoms with Crippen molar-refractivity contribution in [2.45, 2.75) is 20.8 Å². The van der Waals surface area contributed by atoms with E-state index in [1.165, 1.54) is 6.07 Å². The second-order valence-corrected chi connectivity index (χ2v) is 6.74. The topological polar surface area (TPSA) is 82.2 Å². The molecule has 3 N–H and O–H groups in total. The molecular formula is C22H24F2N6O. The van der Waals surface area contributed by atoms with Crippen LogP contribution >= 0.6 is 0 Å². The van der Waals surface area contributed by atoms with Crippen molar-refractivity contribution in [3.63, 3.8) is 0 Å². The number of hydrogen-bond acceptors (Lipinski definition) is 5. The van der Waals surface area contributed by atoms with Gasteiger partial charge in [0.05, 0.1) is 0 Å². The Labute approximate surface area is 179 Å². The highest BCUT2D eigenvalue weighted by Crippen LogP contribution is 2.21. The third kappa shape index (κ3) is 5.65. The lowest BCUT2D eigenvalue weighted by Crippen LogP contribution is -2.23. The van der Waals surface area contributed by atoms with Gasteiger partial charge in [0.1, 0.15) is 23.1 Å². The van der Waals surface area contributed by atoms with E-state index < -0.39 is 23.4 Å². The Hall–Kier alpha value is -3.75. The predicted molar refractivity (Wildman–Crippen MR) is 119 cm³/mol. The van der Waals surface area contributed by atoms with Crippen LogP contribution in [0.15, 0.2) is 48.5 Å². The Morgan fingerprint density at radius 2 is 1.55 bits per heavy atom. The Bertz CT molecular complexity index is 1030. The van der Waals surface area contributed by atoms with E-state index in [2.05, 4.69) is 44.7 Å². The third-order valence-electron chi connectivity index (χ3n) is 4.53. The molecule has 0 aliphatic carbocycles. The van der Waals surface area contributed by atoms with Gasteiger partial charge in [-0.1, -0.05) is 6.07 Å². The average molecular weight is 426 g/mol. The summed E-state index contributed by atoms with van der Waals surface area (Å²) in [5.41, 5.74) is 1.52. The van der Waals surface area contributed by atoms with Crippen molar-refractivity contribution < 1.29 is 13.6 Å². The van der Waals surface area contributed by atoms with Crippen molar-refractivity contribution in [3.8, 4) is 0 Å². The second-order valence-electron chi connectivity index (χ2n) is 6.74. The molecule has 9 heteroatoms. The number of carbonyl (C=O) groups excluding carboxylic acids is 1. The number of carbonyl (C=O) groups is 1. The molecule has 0 radical (unpaired) electrons. The van der Waals surface area contributed by atoms with Crippen LogP contribution in [0, 0.1) is 18.6 Å². The van der Waals surface area contributed by atoms with Gasteiger partial charge in [-0.25, -0.2) is 18.6 Å². The number of nitrogens with zero attached hydrogens (tertiary/aromatic N) is 3. The number of para-hydroxylation sites is 1. The van der Waals surface area contributed by atoms with E-state index in [4.69, 9.17) is 0 Å². The van der Waals surface area contributed by atoms with E-state index in [-0.39, 0.29) is 0 Å². The SMILES string of the molecule is CCN(CC)c1cc(C)nc(Nc2ccc(NC(=O)Nc3c(F)cccc3F)cc2)n1. The molecule has 3 aromatic rings. The smallest absolute Gasteiger partial charge is 0.323 e. The highest BCUT2D eigenvalue weighted by molar-refractivity contribution is 6.00. The standard InChI is InChI=1S/C22H24F2N6O/c1-4-30(5-2)19-13-14(3)25-21(28-19)26-15-9-11-16(12-10-15)27-22(31)29-20-17(23)7-6-8-18(20)24/h6-13H,4-5H2,1-3H3,(H,25,26,28)(H2,27,29,31). The number of aromatic nitrogens is 2. The number of urea groups is 1. The van der Waals surface area contributed by atoms with E-state index in [0.29, 0.717) is 11.6 Å². The van der Waals surface area contributed by atoms with Crippen LogP contribution in [-0.4, -0.2) is 29.1 Å². The Kier molecular flexibility index (Phi) is 6.96. The Morgan fingerprint density at radius 3 is 2.16 bits per heavy atom. The van der Waals surface area contributed by atoms with E-state index in [1.54, 1.807) is 24.3 Å². The minimum absolute atomic E-state index is 0.453. The molecule has 0 aliphatic heterocycles. The lowest BCUT2D eigenvalue weighted by atomic mass is 10.2. The van der Waals surface area contributed by atoms with Crippen LogP contribution in [0.1, 0.15) is 19.5 Å². The van der Waals surface area contributed by atoms with Crippen molar-refractivity contribution in [1.82, 2.24) is 9.97 Å². The first kappa shape index (κ1) is 21.9. The summed E-state index contributed by atoms with van der Waals surface area (Å²) in [5.74, 6) is -0.389. The molecule has 0 atom stereocenters. The van der Waals surface area contributed by atoms with Crippen LogP contribution in [0.5, 0.6) is 0 Å². The number of benzene rings is 2. The van der Waals surface area contributed by atoms with E-state index in [0.717, 1.165) is 42.4 Å². The van der Waals surface area contributed by atoms with Gasteiger partial charge >= 0.3 is 6.03 Å². The Morgan fingerprint density at radius 1 is 0.935 bits per heavy atom. The van der Waals surface area contributed by atoms with E-state index in [9.17, 15) is 13.6 Å². The highest BCUT2D eigenvalue weighted by atomic mass is 19.1. The van der Waals surface area contributed by atoms with Crippen LogP contribution in [0.4, 0.5) is 42.4 Å². The summed E-state index contributed by atoms with van der Waals surface area (Å²) in [6, 6.07) is 11.3. The van der Waals surface area contributed by atoms with Gasteiger partial charge in [-0.2, -0.15) is 4.98 Å². The van der Waals surface area contributed by atoms with Crippen LogP contribution in [-0.2, 0) is 0 Å². The fraction of sp³-hybridized carbons (Fsp3) is 0.227. The molecule has 162 valence electrons. The molecular weight excluding hydrogens is 402 g/mol. The number of halogens is 2. The fourth-order valence-corrected chi connectivity index (χ4v) is 2.98. The van der Waals surface area contributed by atoms with Gasteiger partial charge in [-0.3, -0.25) is 0 Å². The summed E-state index contributed by atoms with van der Waals surface area (Å²) >= 11 is 0.